The van der Waals surface area contributed by atoms with Gasteiger partial charge in [0.15, 0.2) is 0 Å². The van der Waals surface area contributed by atoms with Crippen molar-refractivity contribution in [2.75, 3.05) is 13.1 Å². The molecule has 3 amide bonds. The predicted molar refractivity (Wildman–Crippen MR) is 109 cm³/mol. The number of amides is 3. The molecule has 1 aromatic rings. The lowest BCUT2D eigenvalue weighted by Gasteiger charge is -2.42. The lowest BCUT2D eigenvalue weighted by atomic mass is 9.65. The van der Waals surface area contributed by atoms with Crippen molar-refractivity contribution >= 4 is 23.3 Å². The van der Waals surface area contributed by atoms with Crippen molar-refractivity contribution < 1.29 is 18.8 Å². The quantitative estimate of drug-likeness (QED) is 0.733. The Kier molecular flexibility index (Phi) is 4.73. The van der Waals surface area contributed by atoms with Crippen molar-refractivity contribution in [1.29, 1.82) is 0 Å². The average molecular weight is 411 g/mol. The van der Waals surface area contributed by atoms with Crippen LogP contribution in [0.4, 0.5) is 4.39 Å². The van der Waals surface area contributed by atoms with Crippen molar-refractivity contribution in [2.45, 2.75) is 57.5 Å². The molecule has 158 valence electrons. The summed E-state index contributed by atoms with van der Waals surface area (Å²) in [6.45, 7) is 1.64. The van der Waals surface area contributed by atoms with E-state index in [2.05, 4.69) is 16.7 Å². The van der Waals surface area contributed by atoms with Gasteiger partial charge in [0.05, 0.1) is 6.54 Å². The molecule has 1 unspecified atom stereocenters. The standard InChI is InChI=1S/C23H26FN3O3/c24-20-15(17-8-11-25-13-23(17)9-2-1-3-10-23)5-4-14-16(20)12-27(22(14)30)18-6-7-19(28)26-21(18)29/h4-5,8,18,25H,1-3,6-7,9-13H2,(H,26,28,29). The van der Waals surface area contributed by atoms with E-state index in [1.165, 1.54) is 11.3 Å². The molecule has 1 saturated heterocycles. The first-order valence-electron chi connectivity index (χ1n) is 10.9. The van der Waals surface area contributed by atoms with Gasteiger partial charge < -0.3 is 10.2 Å². The van der Waals surface area contributed by atoms with E-state index in [1.807, 2.05) is 0 Å². The molecule has 5 rings (SSSR count). The zero-order valence-corrected chi connectivity index (χ0v) is 16.9. The van der Waals surface area contributed by atoms with Crippen LogP contribution >= 0.6 is 0 Å². The number of carbonyl (C=O) groups is 3. The average Bonchev–Trinajstić information content (AvgIpc) is 3.07. The first-order valence-corrected chi connectivity index (χ1v) is 10.9. The van der Waals surface area contributed by atoms with Crippen molar-refractivity contribution in [1.82, 2.24) is 15.5 Å². The second-order valence-corrected chi connectivity index (χ2v) is 8.94. The zero-order chi connectivity index (χ0) is 20.9. The van der Waals surface area contributed by atoms with Crippen molar-refractivity contribution in [3.63, 3.8) is 0 Å². The van der Waals surface area contributed by atoms with Crippen LogP contribution in [0.1, 0.15) is 66.4 Å². The third-order valence-electron chi connectivity index (χ3n) is 7.24. The maximum Gasteiger partial charge on any atom is 0.255 e. The normalized spacial score (nSPS) is 25.9. The van der Waals surface area contributed by atoms with Gasteiger partial charge >= 0.3 is 0 Å². The highest BCUT2D eigenvalue weighted by Gasteiger charge is 2.43. The van der Waals surface area contributed by atoms with Crippen LogP contribution in [0.25, 0.3) is 5.57 Å². The molecule has 0 bridgehead atoms. The highest BCUT2D eigenvalue weighted by Crippen LogP contribution is 2.48. The number of carbonyl (C=O) groups excluding carboxylic acids is 3. The highest BCUT2D eigenvalue weighted by atomic mass is 19.1. The summed E-state index contributed by atoms with van der Waals surface area (Å²) in [5.74, 6) is -1.48. The summed E-state index contributed by atoms with van der Waals surface area (Å²) >= 11 is 0. The number of rotatable bonds is 2. The van der Waals surface area contributed by atoms with E-state index in [1.54, 1.807) is 12.1 Å². The van der Waals surface area contributed by atoms with Gasteiger partial charge in [0.1, 0.15) is 11.9 Å². The van der Waals surface area contributed by atoms with E-state index in [9.17, 15) is 14.4 Å². The van der Waals surface area contributed by atoms with E-state index in [-0.39, 0.29) is 42.4 Å². The fourth-order valence-electron chi connectivity index (χ4n) is 5.68. The topological polar surface area (TPSA) is 78.5 Å². The number of nitrogens with zero attached hydrogens (tertiary/aromatic N) is 1. The van der Waals surface area contributed by atoms with Crippen LogP contribution in [0.3, 0.4) is 0 Å². The molecule has 4 aliphatic rings. The second kappa shape index (κ2) is 7.30. The molecule has 0 aromatic heterocycles. The summed E-state index contributed by atoms with van der Waals surface area (Å²) in [6.07, 6.45) is 8.17. The summed E-state index contributed by atoms with van der Waals surface area (Å²) in [5, 5.41) is 5.74. The van der Waals surface area contributed by atoms with Gasteiger partial charge in [-0.25, -0.2) is 4.39 Å². The minimum Gasteiger partial charge on any atom is -0.322 e. The predicted octanol–water partition coefficient (Wildman–Crippen LogP) is 2.52. The zero-order valence-electron chi connectivity index (χ0n) is 16.9. The van der Waals surface area contributed by atoms with Crippen LogP contribution in [-0.4, -0.2) is 41.8 Å². The SMILES string of the molecule is O=C1CCC(N2Cc3c(ccc(C4=CCNCC45CCCCC5)c3F)C2=O)C(=O)N1. The van der Waals surface area contributed by atoms with Crippen LogP contribution in [0.15, 0.2) is 18.2 Å². The first-order chi connectivity index (χ1) is 14.5. The van der Waals surface area contributed by atoms with Crippen molar-refractivity contribution in [2.24, 2.45) is 5.41 Å². The molecule has 2 N–H and O–H groups in total. The Balaban J connectivity index is 1.48. The Labute approximate surface area is 174 Å². The Hall–Kier alpha value is -2.54. The number of imide groups is 1. The van der Waals surface area contributed by atoms with E-state index >= 15 is 4.39 Å². The molecular formula is C23H26FN3O3. The number of piperidine rings is 1. The van der Waals surface area contributed by atoms with Gasteiger partial charge in [0.2, 0.25) is 11.8 Å². The molecule has 2 fully saturated rings. The van der Waals surface area contributed by atoms with Gasteiger partial charge in [-0.15, -0.1) is 0 Å². The molecule has 6 nitrogen and oxygen atoms in total. The van der Waals surface area contributed by atoms with E-state index in [0.29, 0.717) is 16.7 Å². The minimum absolute atomic E-state index is 0.0442. The van der Waals surface area contributed by atoms with Crippen LogP contribution < -0.4 is 10.6 Å². The number of benzene rings is 1. The molecule has 0 radical (unpaired) electrons. The lowest BCUT2D eigenvalue weighted by Crippen LogP contribution is -2.52. The number of nitrogens with one attached hydrogen (secondary N) is 2. The van der Waals surface area contributed by atoms with Gasteiger partial charge in [-0.2, -0.15) is 0 Å². The Bertz CT molecular complexity index is 965. The molecule has 1 spiro atoms. The molecule has 30 heavy (non-hydrogen) atoms. The Morgan fingerprint density at radius 1 is 1.07 bits per heavy atom. The summed E-state index contributed by atoms with van der Waals surface area (Å²) in [6, 6.07) is 2.72. The lowest BCUT2D eigenvalue weighted by molar-refractivity contribution is -0.136. The molecular weight excluding hydrogens is 385 g/mol. The summed E-state index contributed by atoms with van der Waals surface area (Å²) in [4.78, 5) is 38.0. The van der Waals surface area contributed by atoms with Gasteiger partial charge in [-0.1, -0.05) is 31.4 Å². The van der Waals surface area contributed by atoms with Crippen molar-refractivity contribution in [3.05, 3.63) is 40.7 Å². The molecule has 7 heteroatoms. The minimum atomic E-state index is -0.728. The van der Waals surface area contributed by atoms with Crippen LogP contribution in [0, 0.1) is 11.2 Å². The second-order valence-electron chi connectivity index (χ2n) is 8.94. The van der Waals surface area contributed by atoms with Gasteiger partial charge in [0, 0.05) is 41.6 Å². The maximum atomic E-state index is 15.8. The summed E-state index contributed by atoms with van der Waals surface area (Å²) in [7, 11) is 0. The number of halogens is 1. The van der Waals surface area contributed by atoms with E-state index in [4.69, 9.17) is 0 Å². The van der Waals surface area contributed by atoms with E-state index < -0.39 is 11.9 Å². The summed E-state index contributed by atoms with van der Waals surface area (Å²) < 4.78 is 15.8. The fraction of sp³-hybridized carbons (Fsp3) is 0.522. The van der Waals surface area contributed by atoms with Crippen LogP contribution in [-0.2, 0) is 16.1 Å². The smallest absolute Gasteiger partial charge is 0.255 e. The Morgan fingerprint density at radius 2 is 1.83 bits per heavy atom. The van der Waals surface area contributed by atoms with Crippen molar-refractivity contribution in [3.8, 4) is 0 Å². The van der Waals surface area contributed by atoms with Gasteiger partial charge in [-0.05, 0) is 30.9 Å². The molecule has 3 heterocycles. The number of hydrogen-bond donors (Lipinski definition) is 2. The fourth-order valence-corrected chi connectivity index (χ4v) is 5.68. The molecule has 3 aliphatic heterocycles. The largest absolute Gasteiger partial charge is 0.322 e. The maximum absolute atomic E-state index is 15.8. The summed E-state index contributed by atoms with van der Waals surface area (Å²) in [5.41, 5.74) is 2.31. The molecule has 1 aromatic carbocycles. The van der Waals surface area contributed by atoms with Gasteiger partial charge in [0.25, 0.3) is 5.91 Å². The van der Waals surface area contributed by atoms with Crippen LogP contribution in [0.5, 0.6) is 0 Å². The number of hydrogen-bond acceptors (Lipinski definition) is 4. The number of fused-ring (bicyclic) bond motifs is 1. The molecule has 1 atom stereocenters. The molecule has 1 aliphatic carbocycles. The van der Waals surface area contributed by atoms with E-state index in [0.717, 1.165) is 44.3 Å². The third-order valence-corrected chi connectivity index (χ3v) is 7.24. The monoisotopic (exact) mass is 411 g/mol. The first kappa shape index (κ1) is 19.4. The third kappa shape index (κ3) is 2.98. The molecule has 1 saturated carbocycles. The highest BCUT2D eigenvalue weighted by molar-refractivity contribution is 6.05. The Morgan fingerprint density at radius 3 is 2.60 bits per heavy atom. The van der Waals surface area contributed by atoms with Crippen LogP contribution in [0.2, 0.25) is 0 Å². The van der Waals surface area contributed by atoms with Gasteiger partial charge in [-0.3, -0.25) is 19.7 Å².